The van der Waals surface area contributed by atoms with Gasteiger partial charge in [-0.15, -0.1) is 0 Å². The Bertz CT molecular complexity index is 1180. The van der Waals surface area contributed by atoms with Crippen LogP contribution >= 0.6 is 23.2 Å². The zero-order valence-corrected chi connectivity index (χ0v) is 17.6. The maximum absolute atomic E-state index is 13.0. The number of amides is 1. The number of sulfonamides is 1. The maximum atomic E-state index is 13.0. The summed E-state index contributed by atoms with van der Waals surface area (Å²) in [4.78, 5) is 39.8. The number of piperidine rings is 1. The Labute approximate surface area is 176 Å². The first-order chi connectivity index (χ1) is 13.6. The van der Waals surface area contributed by atoms with Crippen molar-refractivity contribution in [1.29, 1.82) is 0 Å². The molecule has 9 nitrogen and oxygen atoms in total. The molecule has 3 N–H and O–H groups in total. The van der Waals surface area contributed by atoms with Gasteiger partial charge in [0.2, 0.25) is 15.9 Å². The summed E-state index contributed by atoms with van der Waals surface area (Å²) in [5, 5.41) is 3.37. The van der Waals surface area contributed by atoms with Crippen molar-refractivity contribution in [2.24, 2.45) is 5.92 Å². The lowest BCUT2D eigenvalue weighted by Gasteiger charge is -2.31. The number of aromatic nitrogens is 2. The summed E-state index contributed by atoms with van der Waals surface area (Å²) in [6.07, 6.45) is 0.913. The number of aromatic amines is 2. The molecule has 29 heavy (non-hydrogen) atoms. The van der Waals surface area contributed by atoms with E-state index >= 15 is 0 Å². The van der Waals surface area contributed by atoms with Crippen LogP contribution in [-0.2, 0) is 14.8 Å². The van der Waals surface area contributed by atoms with Crippen molar-refractivity contribution in [1.82, 2.24) is 14.3 Å². The predicted octanol–water partition coefficient (Wildman–Crippen LogP) is 1.72. The van der Waals surface area contributed by atoms with Gasteiger partial charge in [0.25, 0.3) is 5.56 Å². The lowest BCUT2D eigenvalue weighted by molar-refractivity contribution is -0.120. The molecule has 2 aromatic rings. The highest BCUT2D eigenvalue weighted by molar-refractivity contribution is 7.89. The summed E-state index contributed by atoms with van der Waals surface area (Å²) >= 11 is 11.9. The number of rotatable bonds is 4. The Morgan fingerprint density at radius 3 is 2.62 bits per heavy atom. The van der Waals surface area contributed by atoms with Gasteiger partial charge in [0.1, 0.15) is 0 Å². The van der Waals surface area contributed by atoms with Gasteiger partial charge in [0, 0.05) is 23.8 Å². The summed E-state index contributed by atoms with van der Waals surface area (Å²) in [7, 11) is -4.20. The van der Waals surface area contributed by atoms with Crippen LogP contribution in [0, 0.1) is 12.8 Å². The molecule has 1 aromatic carbocycles. The molecule has 0 unspecified atom stereocenters. The summed E-state index contributed by atoms with van der Waals surface area (Å²) in [6.45, 7) is 1.39. The van der Waals surface area contributed by atoms with Crippen molar-refractivity contribution in [2.75, 3.05) is 18.4 Å². The predicted molar refractivity (Wildman–Crippen MR) is 109 cm³/mol. The van der Waals surface area contributed by atoms with E-state index in [0.717, 1.165) is 4.31 Å². The van der Waals surface area contributed by atoms with E-state index in [1.807, 2.05) is 4.98 Å². The minimum Gasteiger partial charge on any atom is -0.324 e. The van der Waals surface area contributed by atoms with Crippen LogP contribution in [0.3, 0.4) is 0 Å². The minimum atomic E-state index is -4.20. The van der Waals surface area contributed by atoms with Gasteiger partial charge in [-0.05, 0) is 38.0 Å². The first-order valence-electron chi connectivity index (χ1n) is 8.69. The molecule has 156 valence electrons. The smallest absolute Gasteiger partial charge is 0.324 e. The van der Waals surface area contributed by atoms with Crippen LogP contribution in [0.5, 0.6) is 0 Å². The average Bonchev–Trinajstić information content (AvgIpc) is 2.63. The van der Waals surface area contributed by atoms with E-state index in [1.54, 1.807) is 12.1 Å². The topological polar surface area (TPSA) is 132 Å². The summed E-state index contributed by atoms with van der Waals surface area (Å²) in [5.74, 6) is -1.02. The van der Waals surface area contributed by atoms with Gasteiger partial charge in [-0.1, -0.05) is 23.2 Å². The van der Waals surface area contributed by atoms with Crippen molar-refractivity contribution in [3.63, 3.8) is 0 Å². The number of halogens is 2. The molecule has 1 atom stereocenters. The van der Waals surface area contributed by atoms with Gasteiger partial charge in [-0.3, -0.25) is 14.6 Å². The summed E-state index contributed by atoms with van der Waals surface area (Å²) in [6, 6.07) is 4.62. The third-order valence-electron chi connectivity index (χ3n) is 4.62. The molecule has 0 spiro atoms. The molecule has 0 saturated carbocycles. The Kier molecular flexibility index (Phi) is 6.18. The molecular formula is C17H18Cl2N4O5S. The van der Waals surface area contributed by atoms with Gasteiger partial charge < -0.3 is 10.3 Å². The Balaban J connectivity index is 1.82. The SMILES string of the molecule is Cc1[nH]c(=O)[nH]c(=O)c1S(=O)(=O)N1CCC[C@@H](C(=O)Nc2ccc(Cl)cc2Cl)C1. The van der Waals surface area contributed by atoms with E-state index in [4.69, 9.17) is 23.2 Å². The number of nitrogens with one attached hydrogen (secondary N) is 3. The minimum absolute atomic E-state index is 0.0572. The van der Waals surface area contributed by atoms with E-state index in [0.29, 0.717) is 23.6 Å². The van der Waals surface area contributed by atoms with E-state index < -0.39 is 32.1 Å². The Morgan fingerprint density at radius 1 is 1.24 bits per heavy atom. The second-order valence-corrected chi connectivity index (χ2v) is 9.40. The third kappa shape index (κ3) is 4.55. The standard InChI is InChI=1S/C17H18Cl2N4O5S/c1-9-14(16(25)22-17(26)20-9)29(27,28)23-6-2-3-10(8-23)15(24)21-13-5-4-11(18)7-12(13)19/h4-5,7,10H,2-3,6,8H2,1H3,(H,21,24)(H2,20,22,25,26)/t10-/m1/s1. The molecule has 0 radical (unpaired) electrons. The second-order valence-electron chi connectivity index (χ2n) is 6.68. The Morgan fingerprint density at radius 2 is 1.97 bits per heavy atom. The molecular weight excluding hydrogens is 443 g/mol. The van der Waals surface area contributed by atoms with Gasteiger partial charge >= 0.3 is 5.69 Å². The number of carbonyl (C=O) groups is 1. The van der Waals surface area contributed by atoms with Crippen LogP contribution in [0.1, 0.15) is 18.5 Å². The third-order valence-corrected chi connectivity index (χ3v) is 7.18. The zero-order chi connectivity index (χ0) is 21.3. The van der Waals surface area contributed by atoms with Gasteiger partial charge in [-0.2, -0.15) is 4.31 Å². The Hall–Kier alpha value is -2.14. The van der Waals surface area contributed by atoms with E-state index in [2.05, 4.69) is 10.3 Å². The molecule has 1 aromatic heterocycles. The lowest BCUT2D eigenvalue weighted by atomic mass is 9.99. The maximum Gasteiger partial charge on any atom is 0.325 e. The van der Waals surface area contributed by atoms with Crippen molar-refractivity contribution in [3.05, 3.63) is 54.8 Å². The highest BCUT2D eigenvalue weighted by Crippen LogP contribution is 2.28. The van der Waals surface area contributed by atoms with Crippen molar-refractivity contribution in [3.8, 4) is 0 Å². The van der Waals surface area contributed by atoms with Crippen LogP contribution in [0.4, 0.5) is 5.69 Å². The van der Waals surface area contributed by atoms with Crippen LogP contribution in [0.2, 0.25) is 10.0 Å². The molecule has 2 heterocycles. The number of H-pyrrole nitrogens is 2. The van der Waals surface area contributed by atoms with Gasteiger partial charge in [0.15, 0.2) is 4.90 Å². The first-order valence-corrected chi connectivity index (χ1v) is 10.9. The van der Waals surface area contributed by atoms with Crippen molar-refractivity contribution >= 4 is 44.8 Å². The zero-order valence-electron chi connectivity index (χ0n) is 15.3. The van der Waals surface area contributed by atoms with Crippen LogP contribution in [-0.4, -0.2) is 41.7 Å². The molecule has 0 bridgehead atoms. The second kappa shape index (κ2) is 8.31. The first kappa shape index (κ1) is 21.6. The number of benzene rings is 1. The van der Waals surface area contributed by atoms with Gasteiger partial charge in [0.05, 0.1) is 16.6 Å². The molecule has 1 amide bonds. The largest absolute Gasteiger partial charge is 0.325 e. The highest BCUT2D eigenvalue weighted by Gasteiger charge is 2.36. The molecule has 3 rings (SSSR count). The normalized spacial score (nSPS) is 17.8. The monoisotopic (exact) mass is 460 g/mol. The number of hydrogen-bond acceptors (Lipinski definition) is 5. The number of carbonyl (C=O) groups excluding carboxylic acids is 1. The number of aryl methyl sites for hydroxylation is 1. The van der Waals surface area contributed by atoms with E-state index in [1.165, 1.54) is 13.0 Å². The van der Waals surface area contributed by atoms with E-state index in [9.17, 15) is 22.8 Å². The van der Waals surface area contributed by atoms with Crippen LogP contribution in [0.15, 0.2) is 32.7 Å². The molecule has 1 aliphatic rings. The number of anilines is 1. The fourth-order valence-corrected chi connectivity index (χ4v) is 5.41. The number of nitrogens with zero attached hydrogens (tertiary/aromatic N) is 1. The number of hydrogen-bond donors (Lipinski definition) is 3. The quantitative estimate of drug-likeness (QED) is 0.638. The van der Waals surface area contributed by atoms with Crippen LogP contribution < -0.4 is 16.6 Å². The average molecular weight is 461 g/mol. The highest BCUT2D eigenvalue weighted by atomic mass is 35.5. The van der Waals surface area contributed by atoms with Crippen LogP contribution in [0.25, 0.3) is 0 Å². The van der Waals surface area contributed by atoms with E-state index in [-0.39, 0.29) is 29.7 Å². The van der Waals surface area contributed by atoms with Gasteiger partial charge in [-0.25, -0.2) is 13.2 Å². The fourth-order valence-electron chi connectivity index (χ4n) is 3.23. The lowest BCUT2D eigenvalue weighted by Crippen LogP contribution is -2.45. The molecule has 1 saturated heterocycles. The van der Waals surface area contributed by atoms with Crippen molar-refractivity contribution in [2.45, 2.75) is 24.7 Å². The summed E-state index contributed by atoms with van der Waals surface area (Å²) in [5.41, 5.74) is -1.47. The van der Waals surface area contributed by atoms with Crippen molar-refractivity contribution < 1.29 is 13.2 Å². The molecule has 0 aliphatic carbocycles. The molecule has 1 aliphatic heterocycles. The summed E-state index contributed by atoms with van der Waals surface area (Å²) < 4.78 is 27.0. The molecule has 1 fully saturated rings. The molecule has 12 heteroatoms. The fraction of sp³-hybridized carbons (Fsp3) is 0.353.